The number of hydroxylamine groups is 14. The summed E-state index contributed by atoms with van der Waals surface area (Å²) in [6.45, 7) is 60.0. The Hall–Kier alpha value is -2.56. The molecule has 7 aliphatic heterocycles. The molecule has 106 heavy (non-hydrogen) atoms. The first kappa shape index (κ1) is 95.8. The summed E-state index contributed by atoms with van der Waals surface area (Å²) >= 11 is 0. The predicted octanol–water partition coefficient (Wildman–Crippen LogP) is 17.6. The number of unbranched alkanes of at least 4 members (excludes halogenated alkanes) is 6. The van der Waals surface area contributed by atoms with E-state index in [0.29, 0.717) is 75.4 Å². The van der Waals surface area contributed by atoms with E-state index >= 15 is 0 Å². The van der Waals surface area contributed by atoms with Gasteiger partial charge in [0.25, 0.3) is 0 Å². The van der Waals surface area contributed by atoms with Gasteiger partial charge in [0.1, 0.15) is 24.1 Å². The van der Waals surface area contributed by atoms with Crippen LogP contribution in [-0.2, 0) is 42.9 Å². The van der Waals surface area contributed by atoms with Gasteiger partial charge in [-0.3, -0.25) is 19.2 Å². The van der Waals surface area contributed by atoms with Crippen LogP contribution in [0.2, 0.25) is 0 Å². The number of esters is 3. The minimum atomic E-state index is -0.507. The molecule has 0 aliphatic carbocycles. The standard InChI is InChI=1S/C29H54N2O5.C22H40N2O6.C22H44N2O4.C10H21NO/c1-26(2)18-22(19-27(3,4)30(26)34)17-23(32)15-13-11-9-10-12-14-16-25(33)36-24-20-28(5,6)31(35)29(7,8)21-24;1-19(2)11-15(12-20(3,4)23(19)27)29-17(25)9-10-18(26)30-16-13-21(5,6)24(28)22(7,8)14-16;1-19(2)13-17(14-20(3,4)23(19)25)27-11-9-10-12-28-18-15-21(5,6)24(26)22(7,8)16-18;1-8-6-9(2,3)11(12)10(4,5)7-8/h22,24,34-35H,9-21H2,1-8H3;15-16,27-28H,9-14H2,1-8H3;17-18,25-26H,9-16H2,1-8H3;8,12H,6-7H2,1-5H3. The monoisotopic (exact) mass is 1510 g/mol. The number of ketones is 1. The molecule has 0 aromatic rings. The first-order valence-corrected chi connectivity index (χ1v) is 40.6. The molecule has 0 bridgehead atoms. The van der Waals surface area contributed by atoms with Gasteiger partial charge >= 0.3 is 17.9 Å². The third-order valence-corrected chi connectivity index (χ3v) is 23.8. The van der Waals surface area contributed by atoms with Crippen molar-refractivity contribution in [1.82, 2.24) is 35.4 Å². The molecule has 0 aromatic carbocycles. The second-order valence-electron chi connectivity index (χ2n) is 42.3. The zero-order valence-corrected chi connectivity index (χ0v) is 72.5. The molecule has 0 amide bonds. The fourth-order valence-electron chi connectivity index (χ4n) is 20.1. The van der Waals surface area contributed by atoms with Gasteiger partial charge < -0.3 is 60.1 Å². The summed E-state index contributed by atoms with van der Waals surface area (Å²) in [5.41, 5.74) is -4.67. The first-order valence-electron chi connectivity index (χ1n) is 40.6. The summed E-state index contributed by atoms with van der Waals surface area (Å²) in [7, 11) is 0. The Balaban J connectivity index is 0.000000313. The summed E-state index contributed by atoms with van der Waals surface area (Å²) in [5, 5.41) is 82.3. The lowest BCUT2D eigenvalue weighted by atomic mass is 9.73. The minimum absolute atomic E-state index is 0.0370. The average Bonchev–Trinajstić information content (AvgIpc) is 0.860. The molecule has 23 nitrogen and oxygen atoms in total. The van der Waals surface area contributed by atoms with Crippen LogP contribution < -0.4 is 0 Å². The number of hydrogen-bond acceptors (Lipinski definition) is 23. The Bertz CT molecular complexity index is 2510. The van der Waals surface area contributed by atoms with Crippen LogP contribution in [0.25, 0.3) is 0 Å². The maximum atomic E-state index is 12.5. The van der Waals surface area contributed by atoms with Crippen LogP contribution in [0, 0.1) is 11.8 Å². The number of hydrogen-bond donors (Lipinski definition) is 7. The quantitative estimate of drug-likeness (QED) is 0.0269. The third kappa shape index (κ3) is 27.6. The molecule has 7 rings (SSSR count). The highest BCUT2D eigenvalue weighted by molar-refractivity contribution is 5.79. The lowest BCUT2D eigenvalue weighted by Gasteiger charge is -2.51. The zero-order valence-electron chi connectivity index (χ0n) is 72.5. The number of carbonyl (C=O) groups is 4. The lowest BCUT2D eigenvalue weighted by Crippen LogP contribution is -2.60. The largest absolute Gasteiger partial charge is 0.462 e. The number of nitrogens with zero attached hydrogens (tertiary/aromatic N) is 7. The van der Waals surface area contributed by atoms with Crippen LogP contribution in [0.3, 0.4) is 0 Å². The molecule has 0 atom stereocenters. The minimum Gasteiger partial charge on any atom is -0.462 e. The Labute approximate surface area is 642 Å². The zero-order chi connectivity index (χ0) is 81.4. The van der Waals surface area contributed by atoms with Crippen molar-refractivity contribution in [2.24, 2.45) is 11.8 Å². The fourth-order valence-corrected chi connectivity index (χ4v) is 20.1. The molecular weight excluding hydrogens is 1350 g/mol. The van der Waals surface area contributed by atoms with E-state index in [0.717, 1.165) is 116 Å². The van der Waals surface area contributed by atoms with E-state index in [1.54, 1.807) is 0 Å². The SMILES string of the molecule is CC1(C)CC(CC(=O)CCCCCCCCC(=O)OC2CC(C)(C)N(O)C(C)(C)C2)CC(C)(C)N1O.CC1(C)CC(OC(=O)CCC(=O)OC2CC(C)(C)N(O)C(C)(C)C2)CC(C)(C)N1O.CC1(C)CC(OCCCCOC2CC(C)(C)N(O)C(C)(C)C2)CC(C)(C)N1O.CC1CC(C)(C)N(O)C(C)(C)C1. The normalized spacial score (nSPS) is 26.9. The van der Waals surface area contributed by atoms with E-state index in [1.807, 2.05) is 111 Å². The lowest BCUT2D eigenvalue weighted by molar-refractivity contribution is -0.262. The predicted molar refractivity (Wildman–Crippen MR) is 414 cm³/mol. The average molecular weight is 1510 g/mol. The molecular formula is C83H159N7O16. The molecule has 0 saturated carbocycles. The van der Waals surface area contributed by atoms with Crippen LogP contribution in [0.1, 0.15) is 374 Å². The van der Waals surface area contributed by atoms with E-state index in [4.69, 9.17) is 23.7 Å². The second kappa shape index (κ2) is 36.7. The van der Waals surface area contributed by atoms with E-state index in [1.165, 1.54) is 35.4 Å². The van der Waals surface area contributed by atoms with Gasteiger partial charge in [0.15, 0.2) is 0 Å². The molecule has 7 aliphatic rings. The van der Waals surface area contributed by atoms with Crippen LogP contribution in [0.15, 0.2) is 0 Å². The molecule has 7 heterocycles. The topological polar surface area (TPSA) is 279 Å². The van der Waals surface area contributed by atoms with Crippen LogP contribution in [0.4, 0.5) is 0 Å². The number of Topliss-reactive ketones (excluding diaryl/α,β-unsaturated/α-hetero) is 1. The van der Waals surface area contributed by atoms with Crippen molar-refractivity contribution >= 4 is 23.7 Å². The molecule has 0 unspecified atom stereocenters. The fraction of sp³-hybridized carbons (Fsp3) is 0.952. The number of rotatable bonds is 24. The Kier molecular flexibility index (Phi) is 33.2. The molecule has 0 radical (unpaired) electrons. The highest BCUT2D eigenvalue weighted by Crippen LogP contribution is 2.46. The van der Waals surface area contributed by atoms with Gasteiger partial charge in [0, 0.05) is 149 Å². The van der Waals surface area contributed by atoms with Crippen molar-refractivity contribution in [2.45, 2.75) is 482 Å². The number of carbonyl (C=O) groups excluding carboxylic acids is 4. The summed E-state index contributed by atoms with van der Waals surface area (Å²) in [5.74, 6) is 0.389. The summed E-state index contributed by atoms with van der Waals surface area (Å²) in [4.78, 5) is 49.5. The van der Waals surface area contributed by atoms with Crippen LogP contribution in [-0.4, -0.2) is 217 Å². The van der Waals surface area contributed by atoms with E-state index in [-0.39, 0.29) is 93.6 Å². The Morgan fingerprint density at radius 3 is 0.717 bits per heavy atom. The maximum Gasteiger partial charge on any atom is 0.306 e. The van der Waals surface area contributed by atoms with Crippen molar-refractivity contribution in [1.29, 1.82) is 0 Å². The second-order valence-corrected chi connectivity index (χ2v) is 42.3. The molecule has 622 valence electrons. The van der Waals surface area contributed by atoms with Crippen LogP contribution in [0.5, 0.6) is 0 Å². The molecule has 0 spiro atoms. The van der Waals surface area contributed by atoms with Gasteiger partial charge in [-0.15, -0.1) is 0 Å². The number of ether oxygens (including phenoxy) is 5. The van der Waals surface area contributed by atoms with Gasteiger partial charge in [-0.25, -0.2) is 0 Å². The van der Waals surface area contributed by atoms with Gasteiger partial charge in [-0.2, -0.15) is 35.4 Å². The van der Waals surface area contributed by atoms with E-state index in [9.17, 15) is 55.6 Å². The molecule has 0 aromatic heterocycles. The van der Waals surface area contributed by atoms with Crippen molar-refractivity contribution in [3.8, 4) is 0 Å². The molecule has 7 saturated heterocycles. The third-order valence-electron chi connectivity index (χ3n) is 23.8. The summed E-state index contributed by atoms with van der Waals surface area (Å²) < 4.78 is 29.2. The van der Waals surface area contributed by atoms with Crippen LogP contribution >= 0.6 is 0 Å². The van der Waals surface area contributed by atoms with Crippen molar-refractivity contribution < 1.29 is 79.3 Å². The van der Waals surface area contributed by atoms with Crippen molar-refractivity contribution in [2.75, 3.05) is 13.2 Å². The molecule has 23 heteroatoms. The highest BCUT2D eigenvalue weighted by Gasteiger charge is 2.52. The van der Waals surface area contributed by atoms with Gasteiger partial charge in [-0.1, -0.05) is 32.6 Å². The van der Waals surface area contributed by atoms with E-state index in [2.05, 4.69) is 90.0 Å². The molecule has 7 N–H and O–H groups in total. The Morgan fingerprint density at radius 2 is 0.462 bits per heavy atom. The Morgan fingerprint density at radius 1 is 0.264 bits per heavy atom. The number of piperidine rings is 7. The highest BCUT2D eigenvalue weighted by atomic mass is 16.6. The molecule has 7 fully saturated rings. The summed E-state index contributed by atoms with van der Waals surface area (Å²) in [6.07, 6.45) is 19.7. The maximum absolute atomic E-state index is 12.5. The van der Waals surface area contributed by atoms with Crippen molar-refractivity contribution in [3.63, 3.8) is 0 Å². The van der Waals surface area contributed by atoms with Gasteiger partial charge in [0.2, 0.25) is 0 Å². The van der Waals surface area contributed by atoms with Crippen molar-refractivity contribution in [3.05, 3.63) is 0 Å². The van der Waals surface area contributed by atoms with E-state index < -0.39 is 45.2 Å². The van der Waals surface area contributed by atoms with Gasteiger partial charge in [-0.05, 0) is 283 Å². The summed E-state index contributed by atoms with van der Waals surface area (Å²) in [6, 6.07) is 0. The smallest absolute Gasteiger partial charge is 0.306 e. The first-order chi connectivity index (χ1) is 47.9. The van der Waals surface area contributed by atoms with Gasteiger partial charge in [0.05, 0.1) is 25.0 Å².